The molecule has 0 aromatic heterocycles. The summed E-state index contributed by atoms with van der Waals surface area (Å²) in [6.45, 7) is 3.84. The molecular weight excluding hydrogens is 274 g/mol. The van der Waals surface area contributed by atoms with E-state index in [0.29, 0.717) is 22.2 Å². The van der Waals surface area contributed by atoms with Crippen LogP contribution in [0.2, 0.25) is 0 Å². The van der Waals surface area contributed by atoms with Crippen molar-refractivity contribution in [2.24, 2.45) is 0 Å². The molecule has 2 aliphatic rings. The smallest absolute Gasteiger partial charge is 0.241 e. The van der Waals surface area contributed by atoms with Crippen molar-refractivity contribution in [2.45, 2.75) is 43.2 Å². The van der Waals surface area contributed by atoms with E-state index in [1.807, 2.05) is 0 Å². The van der Waals surface area contributed by atoms with Crippen LogP contribution < -0.4 is 10.5 Å². The molecule has 3 N–H and O–H groups in total. The summed E-state index contributed by atoms with van der Waals surface area (Å²) in [5, 5.41) is 0. The predicted octanol–water partition coefficient (Wildman–Crippen LogP) is 1.09. The quantitative estimate of drug-likeness (QED) is 0.819. The minimum atomic E-state index is -3.49. The molecule has 0 spiro atoms. The van der Waals surface area contributed by atoms with Crippen LogP contribution in [0.5, 0.6) is 0 Å². The van der Waals surface area contributed by atoms with Crippen LogP contribution in [0.25, 0.3) is 0 Å². The van der Waals surface area contributed by atoms with E-state index in [1.54, 1.807) is 25.1 Å². The first-order chi connectivity index (χ1) is 9.49. The fourth-order valence-corrected chi connectivity index (χ4v) is 4.98. The largest absolute Gasteiger partial charge is 0.398 e. The number of rotatable bonds is 3. The van der Waals surface area contributed by atoms with Gasteiger partial charge < -0.3 is 5.73 Å². The van der Waals surface area contributed by atoms with Gasteiger partial charge in [-0.3, -0.25) is 4.90 Å². The van der Waals surface area contributed by atoms with Crippen molar-refractivity contribution in [3.05, 3.63) is 23.8 Å². The van der Waals surface area contributed by atoms with Gasteiger partial charge in [0.05, 0.1) is 4.90 Å². The van der Waals surface area contributed by atoms with Crippen LogP contribution in [-0.2, 0) is 10.0 Å². The number of nitrogen functional groups attached to an aromatic ring is 1. The number of sulfonamides is 1. The van der Waals surface area contributed by atoms with Gasteiger partial charge in [-0.05, 0) is 50.4 Å². The molecular formula is C14H21N3O2S. The second-order valence-electron chi connectivity index (χ2n) is 5.73. The molecule has 3 rings (SSSR count). The Morgan fingerprint density at radius 2 is 2.10 bits per heavy atom. The van der Waals surface area contributed by atoms with E-state index in [2.05, 4.69) is 9.62 Å². The van der Waals surface area contributed by atoms with Crippen LogP contribution in [0.4, 0.5) is 5.69 Å². The average Bonchev–Trinajstić information content (AvgIpc) is 2.97. The van der Waals surface area contributed by atoms with Crippen molar-refractivity contribution in [3.63, 3.8) is 0 Å². The third-order valence-electron chi connectivity index (χ3n) is 4.53. The Labute approximate surface area is 120 Å². The minimum Gasteiger partial charge on any atom is -0.398 e. The molecule has 20 heavy (non-hydrogen) atoms. The highest BCUT2D eigenvalue weighted by Crippen LogP contribution is 2.29. The summed E-state index contributed by atoms with van der Waals surface area (Å²) in [4.78, 5) is 2.69. The van der Waals surface area contributed by atoms with Gasteiger partial charge in [-0.25, -0.2) is 13.1 Å². The van der Waals surface area contributed by atoms with Gasteiger partial charge in [0, 0.05) is 24.3 Å². The molecule has 1 aromatic rings. The molecule has 6 heteroatoms. The fraction of sp³-hybridized carbons (Fsp3) is 0.571. The van der Waals surface area contributed by atoms with E-state index >= 15 is 0 Å². The average molecular weight is 295 g/mol. The second-order valence-corrected chi connectivity index (χ2v) is 7.41. The number of anilines is 1. The van der Waals surface area contributed by atoms with Crippen LogP contribution in [0.15, 0.2) is 23.1 Å². The molecule has 0 aliphatic carbocycles. The molecule has 2 aliphatic heterocycles. The molecule has 0 radical (unpaired) electrons. The Morgan fingerprint density at radius 1 is 1.30 bits per heavy atom. The predicted molar refractivity (Wildman–Crippen MR) is 78.9 cm³/mol. The normalized spacial score (nSPS) is 26.9. The number of hydrogen-bond donors (Lipinski definition) is 2. The molecule has 2 unspecified atom stereocenters. The number of nitrogens with zero attached hydrogens (tertiary/aromatic N) is 1. The van der Waals surface area contributed by atoms with Crippen molar-refractivity contribution >= 4 is 15.7 Å². The molecule has 2 fully saturated rings. The van der Waals surface area contributed by atoms with Crippen molar-refractivity contribution < 1.29 is 8.42 Å². The summed E-state index contributed by atoms with van der Waals surface area (Å²) in [7, 11) is -3.49. The van der Waals surface area contributed by atoms with E-state index in [4.69, 9.17) is 5.73 Å². The highest BCUT2D eigenvalue weighted by atomic mass is 32.2. The van der Waals surface area contributed by atoms with Crippen LogP contribution in [0.1, 0.15) is 24.8 Å². The lowest BCUT2D eigenvalue weighted by Gasteiger charge is -2.21. The molecule has 5 nitrogen and oxygen atoms in total. The molecule has 2 atom stereocenters. The first-order valence-corrected chi connectivity index (χ1v) is 8.59. The Kier molecular flexibility index (Phi) is 3.48. The Bertz CT molecular complexity index is 615. The monoisotopic (exact) mass is 295 g/mol. The maximum absolute atomic E-state index is 12.6. The molecule has 110 valence electrons. The van der Waals surface area contributed by atoms with Gasteiger partial charge >= 0.3 is 0 Å². The highest BCUT2D eigenvalue weighted by molar-refractivity contribution is 7.89. The molecule has 0 amide bonds. The van der Waals surface area contributed by atoms with Crippen LogP contribution in [0.3, 0.4) is 0 Å². The summed E-state index contributed by atoms with van der Waals surface area (Å²) in [6, 6.07) is 5.43. The zero-order chi connectivity index (χ0) is 14.3. The van der Waals surface area contributed by atoms with E-state index in [0.717, 1.165) is 25.9 Å². The number of nitrogens with two attached hydrogens (primary N) is 1. The lowest BCUT2D eigenvalue weighted by Crippen LogP contribution is -2.42. The number of nitrogens with one attached hydrogen (secondary N) is 1. The lowest BCUT2D eigenvalue weighted by atomic mass is 10.1. The summed E-state index contributed by atoms with van der Waals surface area (Å²) >= 11 is 0. The maximum Gasteiger partial charge on any atom is 0.241 e. The molecule has 2 saturated heterocycles. The fourth-order valence-electron chi connectivity index (χ4n) is 3.41. The van der Waals surface area contributed by atoms with Gasteiger partial charge in [-0.1, -0.05) is 6.07 Å². The van der Waals surface area contributed by atoms with E-state index in [9.17, 15) is 8.42 Å². The molecule has 0 saturated carbocycles. The van der Waals surface area contributed by atoms with Crippen molar-refractivity contribution in [3.8, 4) is 0 Å². The summed E-state index contributed by atoms with van der Waals surface area (Å²) < 4.78 is 28.0. The lowest BCUT2D eigenvalue weighted by molar-refractivity contribution is 0.309. The van der Waals surface area contributed by atoms with Gasteiger partial charge in [-0.15, -0.1) is 0 Å². The zero-order valence-electron chi connectivity index (χ0n) is 11.7. The molecule has 0 bridgehead atoms. The highest BCUT2D eigenvalue weighted by Gasteiger charge is 2.39. The standard InChI is InChI=1S/C14H21N3O2S/c1-10-11(15)4-2-6-14(10)20(18,19)16-12-7-9-17-8-3-5-13(12)17/h2,4,6,12-13,16H,3,5,7-9,15H2,1H3. The van der Waals surface area contributed by atoms with Crippen molar-refractivity contribution in [1.82, 2.24) is 9.62 Å². The number of fused-ring (bicyclic) bond motifs is 1. The van der Waals surface area contributed by atoms with Crippen LogP contribution in [-0.4, -0.2) is 38.5 Å². The third-order valence-corrected chi connectivity index (χ3v) is 6.16. The third kappa shape index (κ3) is 2.32. The van der Waals surface area contributed by atoms with Gasteiger partial charge in [0.15, 0.2) is 0 Å². The number of benzene rings is 1. The van der Waals surface area contributed by atoms with Crippen LogP contribution in [0, 0.1) is 6.92 Å². The van der Waals surface area contributed by atoms with E-state index in [-0.39, 0.29) is 6.04 Å². The van der Waals surface area contributed by atoms with Crippen molar-refractivity contribution in [1.29, 1.82) is 0 Å². The minimum absolute atomic E-state index is 0.0309. The number of hydrogen-bond acceptors (Lipinski definition) is 4. The Morgan fingerprint density at radius 3 is 2.90 bits per heavy atom. The maximum atomic E-state index is 12.6. The first kappa shape index (κ1) is 13.9. The van der Waals surface area contributed by atoms with E-state index < -0.39 is 10.0 Å². The van der Waals surface area contributed by atoms with Crippen LogP contribution >= 0.6 is 0 Å². The summed E-state index contributed by atoms with van der Waals surface area (Å²) in [6.07, 6.45) is 3.15. The SMILES string of the molecule is Cc1c(N)cccc1S(=O)(=O)NC1CCN2CCCC12. The molecule has 2 heterocycles. The summed E-state index contributed by atoms with van der Waals surface area (Å²) in [5.74, 6) is 0. The van der Waals surface area contributed by atoms with Gasteiger partial charge in [0.1, 0.15) is 0 Å². The Hall–Kier alpha value is -1.11. The summed E-state index contributed by atoms with van der Waals surface area (Å²) in [5.41, 5.74) is 6.95. The molecule has 1 aromatic carbocycles. The Balaban J connectivity index is 1.84. The topological polar surface area (TPSA) is 75.4 Å². The zero-order valence-corrected chi connectivity index (χ0v) is 12.5. The van der Waals surface area contributed by atoms with Gasteiger partial charge in [0.2, 0.25) is 10.0 Å². The first-order valence-electron chi connectivity index (χ1n) is 7.10. The van der Waals surface area contributed by atoms with Gasteiger partial charge in [0.25, 0.3) is 0 Å². The van der Waals surface area contributed by atoms with Gasteiger partial charge in [-0.2, -0.15) is 0 Å². The second kappa shape index (κ2) is 5.02. The van der Waals surface area contributed by atoms with Crippen molar-refractivity contribution in [2.75, 3.05) is 18.8 Å². The van der Waals surface area contributed by atoms with E-state index in [1.165, 1.54) is 6.42 Å².